The van der Waals surface area contributed by atoms with Crippen LogP contribution in [0.2, 0.25) is 0 Å². The Morgan fingerprint density at radius 2 is 1.00 bits per heavy atom. The van der Waals surface area contributed by atoms with Gasteiger partial charge in [0.25, 0.3) is 0 Å². The van der Waals surface area contributed by atoms with Gasteiger partial charge in [0.2, 0.25) is 5.91 Å². The summed E-state index contributed by atoms with van der Waals surface area (Å²) in [5, 5.41) is 19.8. The van der Waals surface area contributed by atoms with E-state index in [-0.39, 0.29) is 93.5 Å². The Balaban J connectivity index is -0.000000156. The molecule has 34 heteroatoms. The molecule has 10 N–H and O–H groups in total. The number of nitrogens with two attached hydrogens (primary N) is 1. The van der Waals surface area contributed by atoms with E-state index < -0.39 is 89.0 Å². The van der Waals surface area contributed by atoms with E-state index >= 15 is 0 Å². The maximum atomic E-state index is 11.7. The average molecular weight is 1440 g/mol. The van der Waals surface area contributed by atoms with Crippen molar-refractivity contribution in [2.24, 2.45) is 5.73 Å². The van der Waals surface area contributed by atoms with Crippen LogP contribution in [-0.4, -0.2) is 217 Å². The Hall–Kier alpha value is 0.869. The molecule has 0 spiro atoms. The fraction of sp³-hybridized carbons (Fsp3) is 0.714. The number of carbonyl (C=O) groups excluding carboxylic acids is 8. The zero-order valence-corrected chi connectivity index (χ0v) is 48.6. The average Bonchev–Trinajstić information content (AvgIpc) is 3.20. The van der Waals surface area contributed by atoms with Crippen molar-refractivity contribution in [1.82, 2.24) is 37.2 Å². The minimum atomic E-state index is -3.06. The number of carbonyl (C=O) groups is 8. The van der Waals surface area contributed by atoms with Gasteiger partial charge in [0, 0.05) is 13.1 Å². The van der Waals surface area contributed by atoms with Crippen molar-refractivity contribution in [2.45, 2.75) is 40.9 Å². The van der Waals surface area contributed by atoms with Gasteiger partial charge in [-0.25, -0.2) is 28.8 Å². The Bertz CT molecular complexity index is 1120. The molecule has 366 valence electrons. The molecule has 0 aromatic heterocycles. The summed E-state index contributed by atoms with van der Waals surface area (Å²) in [5.41, 5.74) is 12.1. The summed E-state index contributed by atoms with van der Waals surface area (Å²) in [6.45, 7) is 2.99. The molecule has 0 aliphatic rings. The molecule has 8 amide bonds. The molecule has 0 aliphatic carbocycles. The van der Waals surface area contributed by atoms with Crippen LogP contribution in [0.4, 0.5) is 28.8 Å². The van der Waals surface area contributed by atoms with Gasteiger partial charge < -0.3 is 87.2 Å². The third kappa shape index (κ3) is 67.5. The second-order valence-electron chi connectivity index (χ2n) is 9.19. The number of hydrogen-bond donors (Lipinski definition) is 8. The van der Waals surface area contributed by atoms with E-state index in [4.69, 9.17) is 77.4 Å². The van der Waals surface area contributed by atoms with Gasteiger partial charge >= 0.3 is 185 Å². The van der Waals surface area contributed by atoms with Crippen LogP contribution in [0.15, 0.2) is 0 Å². The number of amides is 8. The summed E-state index contributed by atoms with van der Waals surface area (Å²) < 4.78 is 28.2. The third-order valence-electron chi connectivity index (χ3n) is 5.01. The first kappa shape index (κ1) is 77.1. The SMILES string of the molecule is C.C.CCOC(=O)NCC(CNC(=O)OC)OC(=O)NCC(=O)NCCN.CCOC(=O)NCC(CNC(=O)OC)OC(=O)NCC(=O)[N-]CC[NH-].[Cl][Pt+2][Cl].[Cl][Pt]([Cl])([Cl])[Cl].[K][K]. The Labute approximate surface area is 443 Å². The summed E-state index contributed by atoms with van der Waals surface area (Å²) in [5.74, 6) is -1.03. The van der Waals surface area contributed by atoms with Crippen LogP contribution >= 0.6 is 56.5 Å². The molecule has 0 radical (unpaired) electrons. The molecule has 0 aromatic carbocycles. The van der Waals surface area contributed by atoms with Crippen molar-refractivity contribution in [3.05, 3.63) is 11.1 Å². The van der Waals surface area contributed by atoms with Crippen LogP contribution in [0.5, 0.6) is 0 Å². The maximum absolute atomic E-state index is 11.7. The summed E-state index contributed by atoms with van der Waals surface area (Å²) in [6, 6.07) is 0. The molecule has 0 saturated heterocycles. The summed E-state index contributed by atoms with van der Waals surface area (Å²) >= 11 is -1.03. The number of nitrogens with zero attached hydrogens (tertiary/aromatic N) is 1. The molecule has 2 unspecified atom stereocenters. The zero-order valence-electron chi connectivity index (χ0n) is 33.3. The van der Waals surface area contributed by atoms with Crippen molar-refractivity contribution in [3.8, 4) is 0 Å². The topological polar surface area (TPSA) is 340 Å². The number of alkyl carbamates (subject to hydrolysis) is 6. The number of rotatable bonds is 20. The monoisotopic (exact) mass is 1430 g/mol. The number of nitrogens with one attached hydrogen (secondary N) is 8. The fourth-order valence-corrected chi connectivity index (χ4v) is 2.81. The molecule has 24 nitrogen and oxygen atoms in total. The van der Waals surface area contributed by atoms with Crippen LogP contribution in [-0.2, 0) is 66.4 Å². The van der Waals surface area contributed by atoms with Gasteiger partial charge in [-0.15, -0.1) is 6.54 Å². The molecule has 0 heterocycles. The van der Waals surface area contributed by atoms with E-state index in [1.165, 1.54) is 77.4 Å². The van der Waals surface area contributed by atoms with Crippen molar-refractivity contribution in [3.63, 3.8) is 0 Å². The molecule has 0 saturated carbocycles. The standard InChI is InChI=1S/C13H25N5O7.C13H24N5O7.2CH4.6ClH.2K.2Pt/c2*1-3-24-12(21)17-7-9(6-16-11(20)23-2)25-13(22)18-8-10(19)15-5-4-14;;;;;;;;;;;;/h9H,3-8,14H2,1-2H3,(H,15,19)(H,16,20)(H,17,21)(H,18,22);9,14H,3-8H2,1-2H3,(H4,15,16,17,18,19,20,21,22);2*1H4;6*1H;;;;/q;-1;;;;;;;;;;;2*+4/p-7. The van der Waals surface area contributed by atoms with E-state index in [1.807, 2.05) is 0 Å². The van der Waals surface area contributed by atoms with E-state index in [2.05, 4.69) is 61.5 Å². The molecule has 0 rings (SSSR count). The number of ether oxygens (including phenoxy) is 6. The van der Waals surface area contributed by atoms with Crippen LogP contribution in [0.1, 0.15) is 28.7 Å². The molecule has 0 aliphatic heterocycles. The van der Waals surface area contributed by atoms with Crippen LogP contribution < -0.4 is 43.0 Å². The van der Waals surface area contributed by atoms with E-state index in [1.54, 1.807) is 13.8 Å². The molecule has 0 fully saturated rings. The van der Waals surface area contributed by atoms with Crippen molar-refractivity contribution < 1.29 is 95.2 Å². The first-order valence-electron chi connectivity index (χ1n) is 16.7. The second kappa shape index (κ2) is 56.2. The van der Waals surface area contributed by atoms with Gasteiger partial charge in [-0.3, -0.25) is 4.79 Å². The van der Waals surface area contributed by atoms with Crippen LogP contribution in [0.3, 0.4) is 0 Å². The van der Waals surface area contributed by atoms with Crippen molar-refractivity contribution in [1.29, 1.82) is 0 Å². The molecule has 0 aromatic rings. The van der Waals surface area contributed by atoms with E-state index in [9.17, 15) is 38.4 Å². The first-order chi connectivity index (χ1) is 28.3. The quantitative estimate of drug-likeness (QED) is 0.0642. The molecule has 2 atom stereocenters. The third-order valence-corrected chi connectivity index (χ3v) is 5.01. The van der Waals surface area contributed by atoms with Crippen molar-refractivity contribution in [2.75, 3.05) is 92.9 Å². The van der Waals surface area contributed by atoms with Gasteiger partial charge in [-0.1, -0.05) is 14.9 Å². The predicted molar refractivity (Wildman–Crippen MR) is 232 cm³/mol. The second-order valence-corrected chi connectivity index (χ2v) is 32.2. The Kier molecular flexibility index (Phi) is 69.9. The van der Waals surface area contributed by atoms with Gasteiger partial charge in [0.15, 0.2) is 0 Å². The number of methoxy groups -OCH3 is 2. The fourth-order valence-electron chi connectivity index (χ4n) is 2.81. The van der Waals surface area contributed by atoms with Gasteiger partial charge in [0.1, 0.15) is 12.2 Å². The van der Waals surface area contributed by atoms with Gasteiger partial charge in [-0.05, 0) is 13.8 Å². The first-order valence-corrected chi connectivity index (χ1v) is 49.6. The van der Waals surface area contributed by atoms with Crippen molar-refractivity contribution >= 4 is 168 Å². The van der Waals surface area contributed by atoms with Crippen LogP contribution in [0.25, 0.3) is 11.1 Å². The summed E-state index contributed by atoms with van der Waals surface area (Å²) in [4.78, 5) is 90.7. The summed E-state index contributed by atoms with van der Waals surface area (Å²) in [7, 11) is 32.1. The summed E-state index contributed by atoms with van der Waals surface area (Å²) in [6.07, 6.45) is -6.54. The number of halogens is 6. The predicted octanol–water partition coefficient (Wildman–Crippen LogP) is 3.04. The molecular weight excluding hydrogens is 1380 g/mol. The zero-order chi connectivity index (χ0) is 47.4. The Morgan fingerprint density at radius 3 is 1.31 bits per heavy atom. The normalized spacial score (nSPS) is 10.5. The van der Waals surface area contributed by atoms with E-state index in [0.717, 1.165) is 0 Å². The molecule has 0 bridgehead atoms. The van der Waals surface area contributed by atoms with Gasteiger partial charge in [-0.2, -0.15) is 6.54 Å². The molecule has 62 heavy (non-hydrogen) atoms. The van der Waals surface area contributed by atoms with Crippen LogP contribution in [0, 0.1) is 0 Å². The van der Waals surface area contributed by atoms with E-state index in [0.29, 0.717) is 0 Å². The van der Waals surface area contributed by atoms with Gasteiger partial charge in [0.05, 0.1) is 72.6 Å². The minimum absolute atomic E-state index is 0. The molecular formula is C28H56Cl6K2N10O14Pt2. The number of hydrogen-bond acceptors (Lipinski definition) is 15. The Morgan fingerprint density at radius 1 is 0.661 bits per heavy atom.